The second kappa shape index (κ2) is 3.49. The number of pyridine rings is 1. The molecule has 0 unspecified atom stereocenters. The summed E-state index contributed by atoms with van der Waals surface area (Å²) in [7, 11) is 1.33. The van der Waals surface area contributed by atoms with Crippen LogP contribution in [0.15, 0.2) is 12.3 Å². The van der Waals surface area contributed by atoms with Gasteiger partial charge in [0.1, 0.15) is 17.4 Å². The van der Waals surface area contributed by atoms with Gasteiger partial charge in [-0.15, -0.1) is 0 Å². The molecule has 1 aromatic rings. The minimum atomic E-state index is -0.649. The van der Waals surface area contributed by atoms with Gasteiger partial charge in [-0.1, -0.05) is 0 Å². The molecular formula is C7H5N3O3. The molecular weight excluding hydrogens is 174 g/mol. The molecule has 1 rings (SSSR count). The number of methoxy groups -OCH3 is 1. The normalized spacial score (nSPS) is 8.92. The van der Waals surface area contributed by atoms with Crippen molar-refractivity contribution < 1.29 is 9.66 Å². The zero-order chi connectivity index (χ0) is 9.84. The molecule has 0 amide bonds. The highest BCUT2D eigenvalue weighted by Crippen LogP contribution is 2.20. The van der Waals surface area contributed by atoms with E-state index in [0.717, 1.165) is 12.3 Å². The molecule has 0 aliphatic heterocycles. The average Bonchev–Trinajstić information content (AvgIpc) is 2.16. The quantitative estimate of drug-likeness (QED) is 0.496. The highest BCUT2D eigenvalue weighted by molar-refractivity contribution is 5.45. The summed E-state index contributed by atoms with van der Waals surface area (Å²) in [6, 6.07) is 2.91. The number of nitro groups is 1. The van der Waals surface area contributed by atoms with E-state index in [-0.39, 0.29) is 17.1 Å². The van der Waals surface area contributed by atoms with E-state index in [1.807, 2.05) is 0 Å². The Hall–Kier alpha value is -2.16. The van der Waals surface area contributed by atoms with Crippen LogP contribution in [0, 0.1) is 21.4 Å². The fourth-order valence-electron chi connectivity index (χ4n) is 0.779. The van der Waals surface area contributed by atoms with E-state index in [2.05, 4.69) is 4.98 Å². The van der Waals surface area contributed by atoms with Gasteiger partial charge in [0.25, 0.3) is 0 Å². The summed E-state index contributed by atoms with van der Waals surface area (Å²) in [5, 5.41) is 18.8. The van der Waals surface area contributed by atoms with Crippen LogP contribution in [0.5, 0.6) is 5.75 Å². The Morgan fingerprint density at radius 3 is 2.92 bits per heavy atom. The Bertz CT molecular complexity index is 383. The van der Waals surface area contributed by atoms with Gasteiger partial charge in [-0.3, -0.25) is 0 Å². The lowest BCUT2D eigenvalue weighted by Crippen LogP contribution is -1.95. The van der Waals surface area contributed by atoms with Crippen LogP contribution >= 0.6 is 0 Å². The highest BCUT2D eigenvalue weighted by atomic mass is 16.6. The van der Waals surface area contributed by atoms with Crippen LogP contribution in [0.25, 0.3) is 0 Å². The zero-order valence-electron chi connectivity index (χ0n) is 6.72. The van der Waals surface area contributed by atoms with Gasteiger partial charge in [0.05, 0.1) is 13.2 Å². The van der Waals surface area contributed by atoms with Crippen molar-refractivity contribution in [1.82, 2.24) is 4.98 Å². The number of nitriles is 1. The molecule has 0 aromatic carbocycles. The van der Waals surface area contributed by atoms with Crippen molar-refractivity contribution in [2.75, 3.05) is 7.11 Å². The molecule has 66 valence electrons. The van der Waals surface area contributed by atoms with E-state index in [0.29, 0.717) is 0 Å². The van der Waals surface area contributed by atoms with Gasteiger partial charge in [-0.05, 0) is 9.91 Å². The van der Waals surface area contributed by atoms with Gasteiger partial charge in [0.2, 0.25) is 0 Å². The van der Waals surface area contributed by atoms with Gasteiger partial charge in [0.15, 0.2) is 6.20 Å². The number of hydrogen-bond acceptors (Lipinski definition) is 5. The first-order valence-electron chi connectivity index (χ1n) is 3.27. The maximum atomic E-state index is 10.3. The fraction of sp³-hybridized carbons (Fsp3) is 0.143. The van der Waals surface area contributed by atoms with E-state index >= 15 is 0 Å². The lowest BCUT2D eigenvalue weighted by molar-refractivity contribution is -0.389. The monoisotopic (exact) mass is 179 g/mol. The van der Waals surface area contributed by atoms with Crippen LogP contribution in [0.2, 0.25) is 0 Å². The van der Waals surface area contributed by atoms with Crippen LogP contribution in [-0.2, 0) is 0 Å². The minimum Gasteiger partial charge on any atom is -0.495 e. The van der Waals surface area contributed by atoms with Gasteiger partial charge < -0.3 is 14.9 Å². The van der Waals surface area contributed by atoms with Crippen molar-refractivity contribution >= 4 is 5.82 Å². The molecule has 0 aliphatic rings. The predicted octanol–water partition coefficient (Wildman–Crippen LogP) is 0.870. The minimum absolute atomic E-state index is 0.157. The van der Waals surface area contributed by atoms with Crippen molar-refractivity contribution in [1.29, 1.82) is 5.26 Å². The second-order valence-corrected chi connectivity index (χ2v) is 2.11. The molecule has 0 atom stereocenters. The smallest absolute Gasteiger partial charge is 0.367 e. The second-order valence-electron chi connectivity index (χ2n) is 2.11. The highest BCUT2D eigenvalue weighted by Gasteiger charge is 2.12. The molecule has 0 saturated carbocycles. The standard InChI is InChI=1S/C7H5N3O3/c1-13-6-2-7(10(11)12)9-4-5(6)3-8/h2,4H,1H3. The SMILES string of the molecule is COc1cc([N+](=O)[O-])ncc1C#N. The van der Waals surface area contributed by atoms with Crippen LogP contribution in [0.1, 0.15) is 5.56 Å². The van der Waals surface area contributed by atoms with E-state index in [4.69, 9.17) is 10.00 Å². The topological polar surface area (TPSA) is 89.1 Å². The molecule has 0 saturated heterocycles. The van der Waals surface area contributed by atoms with Gasteiger partial charge >= 0.3 is 5.82 Å². The Kier molecular flexibility index (Phi) is 2.40. The molecule has 0 fully saturated rings. The third-order valence-corrected chi connectivity index (χ3v) is 1.38. The maximum absolute atomic E-state index is 10.3. The van der Waals surface area contributed by atoms with Crippen LogP contribution in [0.4, 0.5) is 5.82 Å². The summed E-state index contributed by atoms with van der Waals surface area (Å²) in [6.07, 6.45) is 1.11. The van der Waals surface area contributed by atoms with E-state index in [1.165, 1.54) is 7.11 Å². The summed E-state index contributed by atoms with van der Waals surface area (Å²) >= 11 is 0. The zero-order valence-corrected chi connectivity index (χ0v) is 6.72. The molecule has 0 aliphatic carbocycles. The average molecular weight is 179 g/mol. The molecule has 0 bridgehead atoms. The lowest BCUT2D eigenvalue weighted by Gasteiger charge is -1.99. The Labute approximate surface area is 73.5 Å². The van der Waals surface area contributed by atoms with Crippen LogP contribution < -0.4 is 4.74 Å². The van der Waals surface area contributed by atoms with Gasteiger partial charge in [0, 0.05) is 0 Å². The predicted molar refractivity (Wildman–Crippen MR) is 42.2 cm³/mol. The Balaban J connectivity index is 3.23. The largest absolute Gasteiger partial charge is 0.495 e. The van der Waals surface area contributed by atoms with Crippen molar-refractivity contribution in [2.24, 2.45) is 0 Å². The number of rotatable bonds is 2. The van der Waals surface area contributed by atoms with Crippen molar-refractivity contribution in [2.45, 2.75) is 0 Å². The first kappa shape index (κ1) is 8.93. The molecule has 0 spiro atoms. The van der Waals surface area contributed by atoms with Gasteiger partial charge in [-0.2, -0.15) is 5.26 Å². The molecule has 6 heteroatoms. The summed E-state index contributed by atoms with van der Waals surface area (Å²) in [6.45, 7) is 0. The Morgan fingerprint density at radius 2 is 2.46 bits per heavy atom. The third-order valence-electron chi connectivity index (χ3n) is 1.38. The van der Waals surface area contributed by atoms with Crippen LogP contribution in [-0.4, -0.2) is 17.0 Å². The summed E-state index contributed by atoms with van der Waals surface area (Å²) in [5.41, 5.74) is 0.174. The molecule has 1 aromatic heterocycles. The van der Waals surface area contributed by atoms with Crippen LogP contribution in [0.3, 0.4) is 0 Å². The van der Waals surface area contributed by atoms with E-state index in [9.17, 15) is 10.1 Å². The van der Waals surface area contributed by atoms with Gasteiger partial charge in [-0.25, -0.2) is 0 Å². The number of aromatic nitrogens is 1. The summed E-state index contributed by atoms with van der Waals surface area (Å²) in [4.78, 5) is 13.1. The first-order chi connectivity index (χ1) is 6.19. The molecule has 13 heavy (non-hydrogen) atoms. The lowest BCUT2D eigenvalue weighted by atomic mass is 10.3. The summed E-state index contributed by atoms with van der Waals surface area (Å²) in [5.74, 6) is -0.181. The maximum Gasteiger partial charge on any atom is 0.367 e. The van der Waals surface area contributed by atoms with Crippen molar-refractivity contribution in [3.8, 4) is 11.8 Å². The molecule has 1 heterocycles. The molecule has 0 N–H and O–H groups in total. The number of hydrogen-bond donors (Lipinski definition) is 0. The molecule has 0 radical (unpaired) electrons. The summed E-state index contributed by atoms with van der Waals surface area (Å²) < 4.78 is 4.76. The Morgan fingerprint density at radius 1 is 1.77 bits per heavy atom. The number of ether oxygens (including phenoxy) is 1. The molecule has 6 nitrogen and oxygen atoms in total. The van der Waals surface area contributed by atoms with E-state index < -0.39 is 4.92 Å². The first-order valence-corrected chi connectivity index (χ1v) is 3.27. The fourth-order valence-corrected chi connectivity index (χ4v) is 0.779. The van der Waals surface area contributed by atoms with Crippen molar-refractivity contribution in [3.63, 3.8) is 0 Å². The van der Waals surface area contributed by atoms with Crippen molar-refractivity contribution in [3.05, 3.63) is 27.9 Å². The van der Waals surface area contributed by atoms with E-state index in [1.54, 1.807) is 6.07 Å². The third kappa shape index (κ3) is 1.70. The number of nitrogens with zero attached hydrogens (tertiary/aromatic N) is 3.